The molecular weight excluding hydrogens is 216 g/mol. The van der Waals surface area contributed by atoms with Gasteiger partial charge in [-0.2, -0.15) is 0 Å². The number of benzene rings is 1. The van der Waals surface area contributed by atoms with Crippen molar-refractivity contribution in [2.24, 2.45) is 0 Å². The first-order valence-corrected chi connectivity index (χ1v) is 5.20. The molecule has 1 aromatic carbocycles. The number of hydrogen-bond acceptors (Lipinski definition) is 5. The molecule has 5 nitrogen and oxygen atoms in total. The van der Waals surface area contributed by atoms with Gasteiger partial charge in [-0.3, -0.25) is 0 Å². The zero-order valence-corrected chi connectivity index (χ0v) is 9.77. The van der Waals surface area contributed by atoms with Crippen LogP contribution in [0.4, 0.5) is 11.6 Å². The number of hydrogen-bond donors (Lipinski definition) is 2. The number of anilines is 2. The third-order valence-corrected chi connectivity index (χ3v) is 2.35. The average molecular weight is 230 g/mol. The molecule has 0 aliphatic carbocycles. The predicted molar refractivity (Wildman–Crippen MR) is 68.0 cm³/mol. The third-order valence-electron chi connectivity index (χ3n) is 2.35. The molecule has 1 aromatic heterocycles. The fourth-order valence-corrected chi connectivity index (χ4v) is 1.54. The van der Waals surface area contributed by atoms with Crippen LogP contribution in [0, 0.1) is 0 Å². The van der Waals surface area contributed by atoms with E-state index in [1.807, 2.05) is 24.3 Å². The lowest BCUT2D eigenvalue weighted by molar-refractivity contribution is 0.416. The molecule has 0 radical (unpaired) electrons. The van der Waals surface area contributed by atoms with Crippen LogP contribution in [0.5, 0.6) is 5.75 Å². The number of rotatable bonds is 3. The highest BCUT2D eigenvalue weighted by Gasteiger charge is 2.09. The van der Waals surface area contributed by atoms with E-state index in [9.17, 15) is 0 Å². The van der Waals surface area contributed by atoms with Crippen LogP contribution in [0.25, 0.3) is 11.4 Å². The van der Waals surface area contributed by atoms with E-state index in [4.69, 9.17) is 10.5 Å². The Kier molecular flexibility index (Phi) is 3.09. The summed E-state index contributed by atoms with van der Waals surface area (Å²) in [5.41, 5.74) is 6.55. The fraction of sp³-hybridized carbons (Fsp3) is 0.167. The van der Waals surface area contributed by atoms with Crippen molar-refractivity contribution in [2.75, 3.05) is 25.2 Å². The van der Waals surface area contributed by atoms with Crippen LogP contribution in [0.15, 0.2) is 30.3 Å². The molecule has 0 amide bonds. The molecule has 88 valence electrons. The van der Waals surface area contributed by atoms with Crippen LogP contribution >= 0.6 is 0 Å². The van der Waals surface area contributed by atoms with Crippen molar-refractivity contribution < 1.29 is 4.74 Å². The standard InChI is InChI=1S/C12H14N4O/c1-14-11-7-10(13)15-12(16-11)8-5-3-4-6-9(8)17-2/h3-7H,1-2H3,(H3,13,14,15,16). The van der Waals surface area contributed by atoms with Crippen molar-refractivity contribution in [2.45, 2.75) is 0 Å². The summed E-state index contributed by atoms with van der Waals surface area (Å²) in [7, 11) is 3.40. The fourth-order valence-electron chi connectivity index (χ4n) is 1.54. The second kappa shape index (κ2) is 4.69. The molecule has 5 heteroatoms. The molecule has 2 rings (SSSR count). The number of aromatic nitrogens is 2. The quantitative estimate of drug-likeness (QED) is 0.840. The molecule has 2 aromatic rings. The Balaban J connectivity index is 2.55. The van der Waals surface area contributed by atoms with E-state index in [1.54, 1.807) is 20.2 Å². The number of methoxy groups -OCH3 is 1. The van der Waals surface area contributed by atoms with Gasteiger partial charge in [-0.15, -0.1) is 0 Å². The molecule has 0 spiro atoms. The predicted octanol–water partition coefficient (Wildman–Crippen LogP) is 1.78. The Hall–Kier alpha value is -2.30. The average Bonchev–Trinajstić information content (AvgIpc) is 2.37. The summed E-state index contributed by atoms with van der Waals surface area (Å²) >= 11 is 0. The molecule has 0 saturated heterocycles. The Morgan fingerprint density at radius 1 is 1.24 bits per heavy atom. The van der Waals surface area contributed by atoms with Gasteiger partial charge in [-0.05, 0) is 12.1 Å². The molecule has 0 saturated carbocycles. The van der Waals surface area contributed by atoms with Crippen molar-refractivity contribution in [3.05, 3.63) is 30.3 Å². The van der Waals surface area contributed by atoms with E-state index in [-0.39, 0.29) is 0 Å². The molecule has 0 aliphatic heterocycles. The Labute approximate surface area is 99.7 Å². The van der Waals surface area contributed by atoms with Gasteiger partial charge in [-0.1, -0.05) is 12.1 Å². The van der Waals surface area contributed by atoms with Crippen LogP contribution in [-0.2, 0) is 0 Å². The number of nitrogens with one attached hydrogen (secondary N) is 1. The zero-order valence-electron chi connectivity index (χ0n) is 9.77. The lowest BCUT2D eigenvalue weighted by Crippen LogP contribution is -2.01. The number of nitrogens with zero attached hydrogens (tertiary/aromatic N) is 2. The lowest BCUT2D eigenvalue weighted by atomic mass is 10.2. The van der Waals surface area contributed by atoms with E-state index in [0.29, 0.717) is 17.5 Å². The largest absolute Gasteiger partial charge is 0.496 e. The molecule has 0 atom stereocenters. The summed E-state index contributed by atoms with van der Waals surface area (Å²) in [6.07, 6.45) is 0. The highest BCUT2D eigenvalue weighted by Crippen LogP contribution is 2.28. The molecule has 0 bridgehead atoms. The highest BCUT2D eigenvalue weighted by molar-refractivity contribution is 5.66. The Morgan fingerprint density at radius 3 is 2.71 bits per heavy atom. The summed E-state index contributed by atoms with van der Waals surface area (Å²) in [6.45, 7) is 0. The molecule has 0 fully saturated rings. The van der Waals surface area contributed by atoms with Gasteiger partial charge in [0.25, 0.3) is 0 Å². The second-order valence-electron chi connectivity index (χ2n) is 3.45. The van der Waals surface area contributed by atoms with Crippen LogP contribution < -0.4 is 15.8 Å². The minimum Gasteiger partial charge on any atom is -0.496 e. The van der Waals surface area contributed by atoms with E-state index >= 15 is 0 Å². The summed E-state index contributed by atoms with van der Waals surface area (Å²) in [6, 6.07) is 9.24. The number of ether oxygens (including phenoxy) is 1. The van der Waals surface area contributed by atoms with Crippen molar-refractivity contribution in [1.82, 2.24) is 9.97 Å². The van der Waals surface area contributed by atoms with Crippen molar-refractivity contribution in [3.63, 3.8) is 0 Å². The minimum atomic E-state index is 0.422. The SMILES string of the molecule is CNc1cc(N)nc(-c2ccccc2OC)n1. The van der Waals surface area contributed by atoms with Crippen LogP contribution in [0.1, 0.15) is 0 Å². The highest BCUT2D eigenvalue weighted by atomic mass is 16.5. The maximum absolute atomic E-state index is 5.73. The normalized spacial score (nSPS) is 10.0. The molecule has 0 aliphatic rings. The smallest absolute Gasteiger partial charge is 0.167 e. The van der Waals surface area contributed by atoms with E-state index < -0.39 is 0 Å². The van der Waals surface area contributed by atoms with Gasteiger partial charge in [0.15, 0.2) is 5.82 Å². The Bertz CT molecular complexity index is 528. The number of nitrogen functional groups attached to an aromatic ring is 1. The van der Waals surface area contributed by atoms with Crippen LogP contribution in [-0.4, -0.2) is 24.1 Å². The zero-order chi connectivity index (χ0) is 12.3. The number of nitrogens with two attached hydrogens (primary N) is 1. The molecular formula is C12H14N4O. The van der Waals surface area contributed by atoms with Crippen LogP contribution in [0.3, 0.4) is 0 Å². The van der Waals surface area contributed by atoms with Gasteiger partial charge < -0.3 is 15.8 Å². The monoisotopic (exact) mass is 230 g/mol. The topological polar surface area (TPSA) is 73.1 Å². The lowest BCUT2D eigenvalue weighted by Gasteiger charge is -2.08. The summed E-state index contributed by atoms with van der Waals surface area (Å²) in [5, 5.41) is 2.94. The molecule has 17 heavy (non-hydrogen) atoms. The summed E-state index contributed by atoms with van der Waals surface area (Å²) < 4.78 is 5.27. The molecule has 3 N–H and O–H groups in total. The minimum absolute atomic E-state index is 0.422. The van der Waals surface area contributed by atoms with E-state index in [0.717, 1.165) is 11.3 Å². The molecule has 0 unspecified atom stereocenters. The van der Waals surface area contributed by atoms with Crippen LogP contribution in [0.2, 0.25) is 0 Å². The maximum atomic E-state index is 5.73. The van der Waals surface area contributed by atoms with E-state index in [1.165, 1.54) is 0 Å². The first-order valence-electron chi connectivity index (χ1n) is 5.20. The van der Waals surface area contributed by atoms with Gasteiger partial charge in [0.1, 0.15) is 17.4 Å². The summed E-state index contributed by atoms with van der Waals surface area (Å²) in [4.78, 5) is 8.56. The third kappa shape index (κ3) is 2.28. The number of para-hydroxylation sites is 1. The summed E-state index contributed by atoms with van der Waals surface area (Å²) in [5.74, 6) is 2.37. The van der Waals surface area contributed by atoms with Gasteiger partial charge >= 0.3 is 0 Å². The van der Waals surface area contributed by atoms with Gasteiger partial charge in [-0.25, -0.2) is 9.97 Å². The van der Waals surface area contributed by atoms with Gasteiger partial charge in [0.2, 0.25) is 0 Å². The maximum Gasteiger partial charge on any atom is 0.167 e. The van der Waals surface area contributed by atoms with Crippen molar-refractivity contribution in [1.29, 1.82) is 0 Å². The second-order valence-corrected chi connectivity index (χ2v) is 3.45. The molecule has 1 heterocycles. The van der Waals surface area contributed by atoms with E-state index in [2.05, 4.69) is 15.3 Å². The van der Waals surface area contributed by atoms with Crippen molar-refractivity contribution >= 4 is 11.6 Å². The van der Waals surface area contributed by atoms with Gasteiger partial charge in [0, 0.05) is 13.1 Å². The van der Waals surface area contributed by atoms with Crippen molar-refractivity contribution in [3.8, 4) is 17.1 Å². The first-order chi connectivity index (χ1) is 8.24. The van der Waals surface area contributed by atoms with Gasteiger partial charge in [0.05, 0.1) is 12.7 Å². The Morgan fingerprint density at radius 2 is 2.00 bits per heavy atom. The first kappa shape index (κ1) is 11.2.